The minimum absolute atomic E-state index is 0.273. The molecule has 2 heterocycles. The molecule has 0 atom stereocenters. The summed E-state index contributed by atoms with van der Waals surface area (Å²) in [7, 11) is 0. The summed E-state index contributed by atoms with van der Waals surface area (Å²) in [6, 6.07) is 6.00. The molecule has 2 aromatic rings. The molecule has 0 unspecified atom stereocenters. The highest BCUT2D eigenvalue weighted by atomic mass is 16.6. The third kappa shape index (κ3) is 4.60. The van der Waals surface area contributed by atoms with Gasteiger partial charge in [0.2, 0.25) is 0 Å². The molecule has 3 rings (SSSR count). The first kappa shape index (κ1) is 20.9. The molecule has 1 aliphatic heterocycles. The van der Waals surface area contributed by atoms with E-state index >= 15 is 0 Å². The number of nitrogens with zero attached hydrogens (tertiary/aromatic N) is 2. The Labute approximate surface area is 171 Å². The summed E-state index contributed by atoms with van der Waals surface area (Å²) in [5.41, 5.74) is 4.31. The van der Waals surface area contributed by atoms with Gasteiger partial charge in [-0.25, -0.2) is 4.79 Å². The van der Waals surface area contributed by atoms with Crippen molar-refractivity contribution in [3.63, 3.8) is 0 Å². The van der Waals surface area contributed by atoms with Crippen LogP contribution in [0.3, 0.4) is 0 Å². The van der Waals surface area contributed by atoms with Gasteiger partial charge < -0.3 is 15.0 Å². The third-order valence-electron chi connectivity index (χ3n) is 4.97. The highest BCUT2D eigenvalue weighted by Crippen LogP contribution is 2.29. The number of fused-ring (bicyclic) bond motifs is 1. The summed E-state index contributed by atoms with van der Waals surface area (Å²) in [5, 5.41) is 10.3. The molecule has 2 amide bonds. The van der Waals surface area contributed by atoms with Crippen LogP contribution >= 0.6 is 0 Å². The molecule has 0 bridgehead atoms. The van der Waals surface area contributed by atoms with Gasteiger partial charge in [0.15, 0.2) is 5.69 Å². The van der Waals surface area contributed by atoms with Crippen LogP contribution in [-0.2, 0) is 17.7 Å². The van der Waals surface area contributed by atoms with Crippen molar-refractivity contribution in [1.29, 1.82) is 0 Å². The van der Waals surface area contributed by atoms with E-state index in [-0.39, 0.29) is 17.9 Å². The van der Waals surface area contributed by atoms with Gasteiger partial charge in [0.1, 0.15) is 5.60 Å². The Morgan fingerprint density at radius 3 is 2.66 bits per heavy atom. The molecule has 0 saturated heterocycles. The van der Waals surface area contributed by atoms with Gasteiger partial charge in [-0.15, -0.1) is 0 Å². The number of para-hydroxylation sites is 1. The fraction of sp³-hybridized carbons (Fsp3) is 0.500. The number of carbonyl (C=O) groups is 2. The molecule has 0 fully saturated rings. The molecule has 2 N–H and O–H groups in total. The van der Waals surface area contributed by atoms with Crippen molar-refractivity contribution in [2.45, 2.75) is 66.0 Å². The molecule has 29 heavy (non-hydrogen) atoms. The van der Waals surface area contributed by atoms with Crippen molar-refractivity contribution >= 4 is 17.7 Å². The van der Waals surface area contributed by atoms with Crippen LogP contribution in [0.25, 0.3) is 0 Å². The first-order valence-corrected chi connectivity index (χ1v) is 10.0. The van der Waals surface area contributed by atoms with Crippen LogP contribution in [0, 0.1) is 6.92 Å². The maximum atomic E-state index is 13.1. The molecule has 0 saturated carbocycles. The first-order chi connectivity index (χ1) is 13.6. The number of aryl methyl sites for hydroxylation is 1. The van der Waals surface area contributed by atoms with Crippen LogP contribution in [0.1, 0.15) is 73.4 Å². The zero-order chi connectivity index (χ0) is 21.3. The average molecular weight is 399 g/mol. The van der Waals surface area contributed by atoms with E-state index in [4.69, 9.17) is 4.74 Å². The van der Waals surface area contributed by atoms with Gasteiger partial charge in [0.25, 0.3) is 5.91 Å². The molecule has 1 aromatic carbocycles. The highest BCUT2D eigenvalue weighted by molar-refractivity contribution is 6.05. The lowest BCUT2D eigenvalue weighted by Crippen LogP contribution is -2.40. The zero-order valence-electron chi connectivity index (χ0n) is 18.0. The first-order valence-electron chi connectivity index (χ1n) is 10.0. The molecule has 156 valence electrons. The van der Waals surface area contributed by atoms with E-state index in [2.05, 4.69) is 29.4 Å². The Bertz CT molecular complexity index is 925. The molecule has 7 heteroatoms. The normalized spacial score (nSPS) is 14.0. The Hall–Kier alpha value is -2.83. The van der Waals surface area contributed by atoms with Crippen LogP contribution < -0.4 is 5.32 Å². The van der Waals surface area contributed by atoms with E-state index in [9.17, 15) is 9.59 Å². The number of anilines is 1. The topological polar surface area (TPSA) is 87.3 Å². The number of hydrogen-bond donors (Lipinski definition) is 2. The zero-order valence-corrected chi connectivity index (χ0v) is 18.0. The second kappa shape index (κ2) is 7.89. The van der Waals surface area contributed by atoms with Crippen molar-refractivity contribution in [2.75, 3.05) is 11.9 Å². The van der Waals surface area contributed by atoms with Crippen LogP contribution in [0.15, 0.2) is 18.2 Å². The summed E-state index contributed by atoms with van der Waals surface area (Å²) in [4.78, 5) is 27.1. The number of hydrogen-bond acceptors (Lipinski definition) is 4. The predicted molar refractivity (Wildman–Crippen MR) is 112 cm³/mol. The maximum absolute atomic E-state index is 13.1. The molecule has 1 aromatic heterocycles. The predicted octanol–water partition coefficient (Wildman–Crippen LogP) is 4.39. The maximum Gasteiger partial charge on any atom is 0.410 e. The number of amides is 2. The summed E-state index contributed by atoms with van der Waals surface area (Å²) in [6.45, 7) is 12.5. The Morgan fingerprint density at radius 1 is 1.28 bits per heavy atom. The van der Waals surface area contributed by atoms with Crippen LogP contribution in [0.5, 0.6) is 0 Å². The number of H-pyrrole nitrogens is 1. The number of rotatable bonds is 3. The van der Waals surface area contributed by atoms with E-state index in [1.54, 1.807) is 4.90 Å². The third-order valence-corrected chi connectivity index (χ3v) is 4.97. The lowest BCUT2D eigenvalue weighted by Gasteiger charge is -2.30. The summed E-state index contributed by atoms with van der Waals surface area (Å²) >= 11 is 0. The Morgan fingerprint density at radius 2 is 2.00 bits per heavy atom. The van der Waals surface area contributed by atoms with Crippen molar-refractivity contribution in [3.05, 3.63) is 46.3 Å². The van der Waals surface area contributed by atoms with Crippen LogP contribution in [0.2, 0.25) is 0 Å². The summed E-state index contributed by atoms with van der Waals surface area (Å²) < 4.78 is 5.48. The number of benzene rings is 1. The van der Waals surface area contributed by atoms with Crippen molar-refractivity contribution in [2.24, 2.45) is 0 Å². The van der Waals surface area contributed by atoms with E-state index < -0.39 is 5.60 Å². The molecule has 0 spiro atoms. The number of aromatic nitrogens is 2. The van der Waals surface area contributed by atoms with E-state index in [0.717, 1.165) is 28.1 Å². The van der Waals surface area contributed by atoms with E-state index in [1.807, 2.05) is 45.9 Å². The second-order valence-corrected chi connectivity index (χ2v) is 8.83. The summed E-state index contributed by atoms with van der Waals surface area (Å²) in [6.07, 6.45) is 0.230. The largest absolute Gasteiger partial charge is 0.444 e. The number of carbonyl (C=O) groups excluding carboxylic acids is 2. The van der Waals surface area contributed by atoms with Gasteiger partial charge >= 0.3 is 6.09 Å². The lowest BCUT2D eigenvalue weighted by atomic mass is 9.98. The van der Waals surface area contributed by atoms with Gasteiger partial charge in [-0.1, -0.05) is 32.0 Å². The second-order valence-electron chi connectivity index (χ2n) is 8.83. The van der Waals surface area contributed by atoms with Gasteiger partial charge in [-0.05, 0) is 44.7 Å². The van der Waals surface area contributed by atoms with E-state index in [0.29, 0.717) is 25.2 Å². The fourth-order valence-corrected chi connectivity index (χ4v) is 3.48. The van der Waals surface area contributed by atoms with Crippen molar-refractivity contribution in [1.82, 2.24) is 15.1 Å². The lowest BCUT2D eigenvalue weighted by molar-refractivity contribution is 0.0222. The Balaban J connectivity index is 1.82. The SMILES string of the molecule is Cc1cccc(C(C)C)c1NC(=O)c1n[nH]c2c1CN(C(=O)OC(C)(C)C)CC2. The summed E-state index contributed by atoms with van der Waals surface area (Å²) in [5.74, 6) is 0.00528. The molecule has 1 aliphatic rings. The molecule has 0 radical (unpaired) electrons. The highest BCUT2D eigenvalue weighted by Gasteiger charge is 2.30. The fourth-order valence-electron chi connectivity index (χ4n) is 3.48. The van der Waals surface area contributed by atoms with Crippen LogP contribution in [0.4, 0.5) is 10.5 Å². The molecule has 0 aliphatic carbocycles. The minimum Gasteiger partial charge on any atom is -0.444 e. The van der Waals surface area contributed by atoms with Gasteiger partial charge in [-0.2, -0.15) is 5.10 Å². The number of nitrogens with one attached hydrogen (secondary N) is 2. The Kier molecular flexibility index (Phi) is 5.68. The van der Waals surface area contributed by atoms with E-state index in [1.165, 1.54) is 0 Å². The molecular weight excluding hydrogens is 368 g/mol. The van der Waals surface area contributed by atoms with Crippen molar-refractivity contribution in [3.8, 4) is 0 Å². The molecule has 7 nitrogen and oxygen atoms in total. The monoisotopic (exact) mass is 398 g/mol. The average Bonchev–Trinajstić information content (AvgIpc) is 3.05. The van der Waals surface area contributed by atoms with Crippen molar-refractivity contribution < 1.29 is 14.3 Å². The van der Waals surface area contributed by atoms with Gasteiger partial charge in [-0.3, -0.25) is 9.89 Å². The van der Waals surface area contributed by atoms with Crippen LogP contribution in [-0.4, -0.2) is 39.2 Å². The smallest absolute Gasteiger partial charge is 0.410 e. The standard InChI is InChI=1S/C22H30N4O3/c1-13(2)15-9-7-8-14(3)18(15)23-20(27)19-16-12-26(11-10-17(16)24-25-19)21(28)29-22(4,5)6/h7-9,13H,10-12H2,1-6H3,(H,23,27)(H,24,25). The quantitative estimate of drug-likeness (QED) is 0.803. The van der Waals surface area contributed by atoms with Gasteiger partial charge in [0, 0.05) is 29.9 Å². The number of ether oxygens (including phenoxy) is 1. The minimum atomic E-state index is -0.563. The van der Waals surface area contributed by atoms with Gasteiger partial charge in [0.05, 0.1) is 6.54 Å². The number of aromatic amines is 1. The molecular formula is C22H30N4O3.